The van der Waals surface area contributed by atoms with E-state index >= 15 is 0 Å². The molecule has 2 heterocycles. The first-order valence-corrected chi connectivity index (χ1v) is 11.8. The average molecular weight is 515 g/mol. The first-order chi connectivity index (χ1) is 16.2. The summed E-state index contributed by atoms with van der Waals surface area (Å²) in [5.41, 5.74) is 4.64. The summed E-state index contributed by atoms with van der Waals surface area (Å²) >= 11 is 13.1. The molecule has 174 valence electrons. The number of hydrogen-bond acceptors (Lipinski definition) is 5. The van der Waals surface area contributed by atoms with Gasteiger partial charge in [0, 0.05) is 27.1 Å². The Morgan fingerprint density at radius 2 is 1.76 bits per heavy atom. The van der Waals surface area contributed by atoms with Gasteiger partial charge in [-0.05, 0) is 85.3 Å². The zero-order valence-corrected chi connectivity index (χ0v) is 20.9. The van der Waals surface area contributed by atoms with E-state index in [1.54, 1.807) is 36.4 Å². The van der Waals surface area contributed by atoms with E-state index in [4.69, 9.17) is 27.9 Å². The molecule has 0 spiro atoms. The number of imide groups is 1. The number of carbonyl (C=O) groups excluding carboxylic acids is 3. The molecule has 2 amide bonds. The van der Waals surface area contributed by atoms with Gasteiger partial charge < -0.3 is 9.30 Å². The highest BCUT2D eigenvalue weighted by Gasteiger charge is 2.35. The SMILES string of the molecule is COC(=O)c1ccc(-n2c(C)cc(/C=C3\SC(=O)N(Cc4ccc(Cl)cc4Cl)C3=O)c2C)cc1. The number of aryl methyl sites for hydroxylation is 1. The maximum absolute atomic E-state index is 13.0. The molecule has 3 aromatic rings. The maximum atomic E-state index is 13.0. The monoisotopic (exact) mass is 514 g/mol. The number of methoxy groups -OCH3 is 1. The summed E-state index contributed by atoms with van der Waals surface area (Å²) in [5, 5.41) is 0.532. The molecule has 0 radical (unpaired) electrons. The zero-order chi connectivity index (χ0) is 24.6. The van der Waals surface area contributed by atoms with Gasteiger partial charge in [0.05, 0.1) is 24.1 Å². The van der Waals surface area contributed by atoms with Gasteiger partial charge in [-0.1, -0.05) is 29.3 Å². The van der Waals surface area contributed by atoms with Crippen molar-refractivity contribution in [3.05, 3.63) is 91.6 Å². The topological polar surface area (TPSA) is 68.6 Å². The molecule has 0 N–H and O–H groups in total. The van der Waals surface area contributed by atoms with Crippen molar-refractivity contribution in [1.29, 1.82) is 0 Å². The number of rotatable bonds is 5. The molecule has 4 rings (SSSR count). The van der Waals surface area contributed by atoms with Gasteiger partial charge in [-0.25, -0.2) is 4.79 Å². The third-order valence-corrected chi connectivity index (χ3v) is 7.01. The van der Waals surface area contributed by atoms with E-state index in [1.807, 2.05) is 36.6 Å². The molecular formula is C25H20Cl2N2O4S. The number of thioether (sulfide) groups is 1. The lowest BCUT2D eigenvalue weighted by Crippen LogP contribution is -2.27. The molecule has 0 saturated carbocycles. The Morgan fingerprint density at radius 1 is 1.06 bits per heavy atom. The number of nitrogens with zero attached hydrogens (tertiary/aromatic N) is 2. The first kappa shape index (κ1) is 24.1. The van der Waals surface area contributed by atoms with Gasteiger partial charge in [0.1, 0.15) is 0 Å². The standard InChI is InChI=1S/C25H20Cl2N2O4S/c1-14-10-18(15(2)29(14)20-8-5-16(6-9-20)24(31)33-3)11-22-23(30)28(25(32)34-22)13-17-4-7-19(26)12-21(17)27/h4-12H,13H2,1-3H3/b22-11-. The highest BCUT2D eigenvalue weighted by molar-refractivity contribution is 8.18. The van der Waals surface area contributed by atoms with E-state index in [0.29, 0.717) is 26.1 Å². The summed E-state index contributed by atoms with van der Waals surface area (Å²) in [6.07, 6.45) is 1.73. The van der Waals surface area contributed by atoms with Crippen LogP contribution in [0.5, 0.6) is 0 Å². The fourth-order valence-corrected chi connectivity index (χ4v) is 5.09. The molecule has 9 heteroatoms. The molecule has 34 heavy (non-hydrogen) atoms. The van der Waals surface area contributed by atoms with Crippen LogP contribution in [0.4, 0.5) is 4.79 Å². The highest BCUT2D eigenvalue weighted by Crippen LogP contribution is 2.35. The number of hydrogen-bond donors (Lipinski definition) is 0. The minimum atomic E-state index is -0.399. The molecule has 6 nitrogen and oxygen atoms in total. The third kappa shape index (κ3) is 4.64. The Bertz CT molecular complexity index is 1350. The summed E-state index contributed by atoms with van der Waals surface area (Å²) < 4.78 is 6.77. The van der Waals surface area contributed by atoms with Crippen LogP contribution in [0.3, 0.4) is 0 Å². The number of aromatic nitrogens is 1. The smallest absolute Gasteiger partial charge is 0.337 e. The average Bonchev–Trinajstić information content (AvgIpc) is 3.24. The molecule has 0 aliphatic carbocycles. The Balaban J connectivity index is 1.60. The minimum absolute atomic E-state index is 0.0730. The second kappa shape index (κ2) is 9.70. The van der Waals surface area contributed by atoms with Crippen LogP contribution in [0.2, 0.25) is 10.0 Å². The lowest BCUT2D eigenvalue weighted by Gasteiger charge is -2.13. The van der Waals surface area contributed by atoms with Crippen molar-refractivity contribution in [2.45, 2.75) is 20.4 Å². The van der Waals surface area contributed by atoms with Crippen LogP contribution in [0, 0.1) is 13.8 Å². The van der Waals surface area contributed by atoms with Crippen LogP contribution in [0.15, 0.2) is 53.4 Å². The van der Waals surface area contributed by atoms with E-state index in [0.717, 1.165) is 34.4 Å². The Kier molecular flexibility index (Phi) is 6.89. The summed E-state index contributed by atoms with van der Waals surface area (Å²) in [6.45, 7) is 3.96. The van der Waals surface area contributed by atoms with Gasteiger partial charge in [0.2, 0.25) is 0 Å². The van der Waals surface area contributed by atoms with Gasteiger partial charge in [0.15, 0.2) is 0 Å². The number of esters is 1. The molecule has 1 aromatic heterocycles. The van der Waals surface area contributed by atoms with Crippen LogP contribution in [-0.4, -0.2) is 33.7 Å². The largest absolute Gasteiger partial charge is 0.465 e. The van der Waals surface area contributed by atoms with Crippen molar-refractivity contribution in [1.82, 2.24) is 9.47 Å². The second-order valence-electron chi connectivity index (χ2n) is 7.70. The van der Waals surface area contributed by atoms with E-state index in [9.17, 15) is 14.4 Å². The Morgan fingerprint density at radius 3 is 2.41 bits per heavy atom. The van der Waals surface area contributed by atoms with Crippen LogP contribution in [0.25, 0.3) is 11.8 Å². The van der Waals surface area contributed by atoms with Gasteiger partial charge in [-0.3, -0.25) is 14.5 Å². The van der Waals surface area contributed by atoms with Gasteiger partial charge >= 0.3 is 5.97 Å². The van der Waals surface area contributed by atoms with Gasteiger partial charge in [0.25, 0.3) is 11.1 Å². The molecule has 1 saturated heterocycles. The highest BCUT2D eigenvalue weighted by atomic mass is 35.5. The van der Waals surface area contributed by atoms with Crippen molar-refractivity contribution in [2.24, 2.45) is 0 Å². The zero-order valence-electron chi connectivity index (χ0n) is 18.6. The van der Waals surface area contributed by atoms with Crippen LogP contribution in [-0.2, 0) is 16.1 Å². The van der Waals surface area contributed by atoms with Gasteiger partial charge in [-0.15, -0.1) is 0 Å². The molecule has 1 fully saturated rings. The molecule has 0 bridgehead atoms. The number of carbonyl (C=O) groups is 3. The fourth-order valence-electron chi connectivity index (χ4n) is 3.79. The molecular weight excluding hydrogens is 495 g/mol. The van der Waals surface area contributed by atoms with Crippen molar-refractivity contribution in [2.75, 3.05) is 7.11 Å². The molecule has 0 atom stereocenters. The predicted molar refractivity (Wildman–Crippen MR) is 135 cm³/mol. The van der Waals surface area contributed by atoms with E-state index in [-0.39, 0.29) is 17.7 Å². The summed E-state index contributed by atoms with van der Waals surface area (Å²) in [5.74, 6) is -0.767. The van der Waals surface area contributed by atoms with Crippen molar-refractivity contribution in [3.63, 3.8) is 0 Å². The molecule has 1 aliphatic heterocycles. The van der Waals surface area contributed by atoms with Crippen molar-refractivity contribution < 1.29 is 19.1 Å². The quantitative estimate of drug-likeness (QED) is 0.290. The van der Waals surface area contributed by atoms with Crippen LogP contribution < -0.4 is 0 Å². The molecule has 0 unspecified atom stereocenters. The normalized spacial score (nSPS) is 14.9. The summed E-state index contributed by atoms with van der Waals surface area (Å²) in [4.78, 5) is 38.8. The minimum Gasteiger partial charge on any atom is -0.465 e. The summed E-state index contributed by atoms with van der Waals surface area (Å²) in [7, 11) is 1.34. The Labute approximate surface area is 211 Å². The molecule has 1 aliphatic rings. The van der Waals surface area contributed by atoms with Gasteiger partial charge in [-0.2, -0.15) is 0 Å². The third-order valence-electron chi connectivity index (χ3n) is 5.52. The first-order valence-electron chi connectivity index (χ1n) is 10.3. The fraction of sp³-hybridized carbons (Fsp3) is 0.160. The van der Waals surface area contributed by atoms with E-state index in [1.165, 1.54) is 12.0 Å². The molecule has 2 aromatic carbocycles. The van der Waals surface area contributed by atoms with E-state index < -0.39 is 5.97 Å². The summed E-state index contributed by atoms with van der Waals surface area (Å²) in [6, 6.07) is 14.0. The predicted octanol–water partition coefficient (Wildman–Crippen LogP) is 6.42. The lowest BCUT2D eigenvalue weighted by atomic mass is 10.2. The maximum Gasteiger partial charge on any atom is 0.337 e. The second-order valence-corrected chi connectivity index (χ2v) is 9.54. The van der Waals surface area contributed by atoms with E-state index in [2.05, 4.69) is 0 Å². The lowest BCUT2D eigenvalue weighted by molar-refractivity contribution is -0.123. The Hall–Kier alpha value is -3.00. The van der Waals surface area contributed by atoms with Crippen LogP contribution in [0.1, 0.15) is 32.9 Å². The number of halogens is 2. The number of benzene rings is 2. The van der Waals surface area contributed by atoms with Crippen molar-refractivity contribution in [3.8, 4) is 5.69 Å². The van der Waals surface area contributed by atoms with Crippen molar-refractivity contribution >= 4 is 58.2 Å². The van der Waals surface area contributed by atoms with Crippen LogP contribution >= 0.6 is 35.0 Å². The number of ether oxygens (including phenoxy) is 1. The number of amides is 2.